The molecule has 1 heterocycles. The van der Waals surface area contributed by atoms with Gasteiger partial charge in [-0.2, -0.15) is 0 Å². The monoisotopic (exact) mass is 307 g/mol. The first-order valence-corrected chi connectivity index (χ1v) is 7.58. The summed E-state index contributed by atoms with van der Waals surface area (Å²) in [6.07, 6.45) is 3.63. The smallest absolute Gasteiger partial charge is 0.221 e. The molecule has 21 heavy (non-hydrogen) atoms. The summed E-state index contributed by atoms with van der Waals surface area (Å²) in [6.45, 7) is 3.16. The van der Waals surface area contributed by atoms with Gasteiger partial charge in [0.1, 0.15) is 0 Å². The highest BCUT2D eigenvalue weighted by molar-refractivity contribution is 7.80. The van der Waals surface area contributed by atoms with E-state index in [1.165, 1.54) is 6.92 Å². The van der Waals surface area contributed by atoms with Crippen LogP contribution in [-0.2, 0) is 9.53 Å². The first-order valence-electron chi connectivity index (χ1n) is 7.17. The van der Waals surface area contributed by atoms with Crippen LogP contribution in [-0.4, -0.2) is 30.3 Å². The Morgan fingerprint density at radius 1 is 1.38 bits per heavy atom. The summed E-state index contributed by atoms with van der Waals surface area (Å²) in [4.78, 5) is 11.0. The van der Waals surface area contributed by atoms with Crippen LogP contribution < -0.4 is 16.0 Å². The quantitative estimate of drug-likeness (QED) is 0.730. The van der Waals surface area contributed by atoms with Crippen LogP contribution in [0.3, 0.4) is 0 Å². The molecule has 0 bridgehead atoms. The second kappa shape index (κ2) is 7.95. The van der Waals surface area contributed by atoms with Gasteiger partial charge >= 0.3 is 0 Å². The van der Waals surface area contributed by atoms with Crippen LogP contribution in [0.2, 0.25) is 0 Å². The van der Waals surface area contributed by atoms with E-state index in [0.717, 1.165) is 43.8 Å². The van der Waals surface area contributed by atoms with Crippen molar-refractivity contribution in [3.63, 3.8) is 0 Å². The highest BCUT2D eigenvalue weighted by atomic mass is 32.1. The van der Waals surface area contributed by atoms with Crippen molar-refractivity contribution >= 4 is 34.6 Å². The Hall–Kier alpha value is -1.66. The first-order chi connectivity index (χ1) is 10.1. The largest absolute Gasteiger partial charge is 0.378 e. The number of anilines is 2. The lowest BCUT2D eigenvalue weighted by Crippen LogP contribution is -2.31. The maximum absolute atomic E-state index is 11.0. The van der Waals surface area contributed by atoms with Crippen molar-refractivity contribution in [3.8, 4) is 0 Å². The SMILES string of the molecule is CC(=O)Nc1cccc(NC(=S)NCCC2CCCO2)c1. The number of hydrogen-bond donors (Lipinski definition) is 3. The second-order valence-electron chi connectivity index (χ2n) is 5.07. The van der Waals surface area contributed by atoms with Crippen molar-refractivity contribution in [1.29, 1.82) is 0 Å². The molecule has 1 aromatic carbocycles. The molecule has 6 heteroatoms. The molecule has 0 aromatic heterocycles. The molecule has 1 aliphatic heterocycles. The molecule has 1 saturated heterocycles. The van der Waals surface area contributed by atoms with Gasteiger partial charge in [0.05, 0.1) is 6.10 Å². The molecule has 3 N–H and O–H groups in total. The third-order valence-electron chi connectivity index (χ3n) is 3.22. The van der Waals surface area contributed by atoms with Gasteiger partial charge < -0.3 is 20.7 Å². The number of carbonyl (C=O) groups excluding carboxylic acids is 1. The third-order valence-corrected chi connectivity index (χ3v) is 3.46. The molecule has 1 aliphatic rings. The Morgan fingerprint density at radius 2 is 2.14 bits per heavy atom. The number of carbonyl (C=O) groups is 1. The fourth-order valence-electron chi connectivity index (χ4n) is 2.27. The molecule has 1 aromatic rings. The van der Waals surface area contributed by atoms with Gasteiger partial charge in [0.2, 0.25) is 5.91 Å². The van der Waals surface area contributed by atoms with Crippen molar-refractivity contribution in [2.24, 2.45) is 0 Å². The van der Waals surface area contributed by atoms with Gasteiger partial charge in [0, 0.05) is 31.5 Å². The van der Waals surface area contributed by atoms with Gasteiger partial charge in [0.25, 0.3) is 0 Å². The molecule has 0 saturated carbocycles. The van der Waals surface area contributed by atoms with Crippen molar-refractivity contribution in [3.05, 3.63) is 24.3 Å². The summed E-state index contributed by atoms with van der Waals surface area (Å²) in [7, 11) is 0. The number of rotatable bonds is 5. The van der Waals surface area contributed by atoms with E-state index in [1.54, 1.807) is 0 Å². The summed E-state index contributed by atoms with van der Waals surface area (Å²) >= 11 is 5.26. The molecule has 1 amide bonds. The average molecular weight is 307 g/mol. The maximum atomic E-state index is 11.0. The van der Waals surface area contributed by atoms with Gasteiger partial charge in [-0.15, -0.1) is 0 Å². The summed E-state index contributed by atoms with van der Waals surface area (Å²) in [5, 5.41) is 9.60. The number of ether oxygens (including phenoxy) is 1. The standard InChI is InChI=1S/C15H21N3O2S/c1-11(19)17-12-4-2-5-13(10-12)18-15(21)16-8-7-14-6-3-9-20-14/h2,4-5,10,14H,3,6-9H2,1H3,(H,17,19)(H2,16,18,21). The van der Waals surface area contributed by atoms with Gasteiger partial charge in [-0.1, -0.05) is 6.07 Å². The van der Waals surface area contributed by atoms with Gasteiger partial charge in [0.15, 0.2) is 5.11 Å². The average Bonchev–Trinajstić information content (AvgIpc) is 2.91. The highest BCUT2D eigenvalue weighted by Crippen LogP contribution is 2.16. The predicted molar refractivity (Wildman–Crippen MR) is 88.6 cm³/mol. The van der Waals surface area contributed by atoms with Crippen LogP contribution in [0.5, 0.6) is 0 Å². The Kier molecular flexibility index (Phi) is 5.95. The minimum absolute atomic E-state index is 0.0931. The third kappa shape index (κ3) is 5.69. The number of benzene rings is 1. The normalized spacial score (nSPS) is 17.3. The van der Waals surface area contributed by atoms with E-state index in [9.17, 15) is 4.79 Å². The van der Waals surface area contributed by atoms with E-state index >= 15 is 0 Å². The molecule has 1 unspecified atom stereocenters. The van der Waals surface area contributed by atoms with Gasteiger partial charge in [-0.3, -0.25) is 4.79 Å². The van der Waals surface area contributed by atoms with E-state index in [0.29, 0.717) is 11.2 Å². The summed E-state index contributed by atoms with van der Waals surface area (Å²) < 4.78 is 5.56. The van der Waals surface area contributed by atoms with E-state index in [4.69, 9.17) is 17.0 Å². The first kappa shape index (κ1) is 15.7. The van der Waals surface area contributed by atoms with Crippen LogP contribution in [0.1, 0.15) is 26.2 Å². The Balaban J connectivity index is 1.75. The van der Waals surface area contributed by atoms with Crippen LogP contribution in [0.4, 0.5) is 11.4 Å². The molecular weight excluding hydrogens is 286 g/mol. The molecule has 5 nitrogen and oxygen atoms in total. The summed E-state index contributed by atoms with van der Waals surface area (Å²) in [5.41, 5.74) is 1.59. The maximum Gasteiger partial charge on any atom is 0.221 e. The van der Waals surface area contributed by atoms with Crippen LogP contribution in [0, 0.1) is 0 Å². The number of amides is 1. The van der Waals surface area contributed by atoms with E-state index in [2.05, 4.69) is 16.0 Å². The van der Waals surface area contributed by atoms with Crippen molar-refractivity contribution in [1.82, 2.24) is 5.32 Å². The molecule has 2 rings (SSSR count). The zero-order chi connectivity index (χ0) is 15.1. The fraction of sp³-hybridized carbons (Fsp3) is 0.467. The van der Waals surface area contributed by atoms with Crippen molar-refractivity contribution in [2.45, 2.75) is 32.3 Å². The zero-order valence-electron chi connectivity index (χ0n) is 12.1. The number of thiocarbonyl (C=S) groups is 1. The van der Waals surface area contributed by atoms with Crippen molar-refractivity contribution in [2.75, 3.05) is 23.8 Å². The predicted octanol–water partition coefficient (Wildman–Crippen LogP) is 2.50. The number of hydrogen-bond acceptors (Lipinski definition) is 3. The van der Waals surface area contributed by atoms with Crippen LogP contribution in [0.15, 0.2) is 24.3 Å². The Bertz CT molecular complexity index is 501. The Morgan fingerprint density at radius 3 is 2.81 bits per heavy atom. The van der Waals surface area contributed by atoms with Crippen LogP contribution >= 0.6 is 12.2 Å². The van der Waals surface area contributed by atoms with E-state index in [1.807, 2.05) is 24.3 Å². The topological polar surface area (TPSA) is 62.4 Å². The summed E-state index contributed by atoms with van der Waals surface area (Å²) in [6, 6.07) is 7.44. The van der Waals surface area contributed by atoms with Gasteiger partial charge in [-0.05, 0) is 49.7 Å². The summed E-state index contributed by atoms with van der Waals surface area (Å²) in [5.74, 6) is -0.0931. The molecule has 114 valence electrons. The molecule has 0 radical (unpaired) electrons. The molecule has 1 fully saturated rings. The lowest BCUT2D eigenvalue weighted by Gasteiger charge is -2.13. The number of nitrogens with one attached hydrogen (secondary N) is 3. The van der Waals surface area contributed by atoms with Crippen molar-refractivity contribution < 1.29 is 9.53 Å². The van der Waals surface area contributed by atoms with Gasteiger partial charge in [-0.25, -0.2) is 0 Å². The minimum Gasteiger partial charge on any atom is -0.378 e. The van der Waals surface area contributed by atoms with E-state index in [-0.39, 0.29) is 5.91 Å². The Labute approximate surface area is 130 Å². The molecule has 0 spiro atoms. The second-order valence-corrected chi connectivity index (χ2v) is 5.47. The lowest BCUT2D eigenvalue weighted by atomic mass is 10.2. The minimum atomic E-state index is -0.0931. The zero-order valence-corrected chi connectivity index (χ0v) is 13.0. The molecule has 0 aliphatic carbocycles. The highest BCUT2D eigenvalue weighted by Gasteiger charge is 2.14. The lowest BCUT2D eigenvalue weighted by molar-refractivity contribution is -0.114. The van der Waals surface area contributed by atoms with E-state index < -0.39 is 0 Å². The van der Waals surface area contributed by atoms with Crippen LogP contribution in [0.25, 0.3) is 0 Å². The molecular formula is C15H21N3O2S. The molecule has 1 atom stereocenters. The fourth-order valence-corrected chi connectivity index (χ4v) is 2.49.